The first-order valence-electron chi connectivity index (χ1n) is 5.17. The van der Waals surface area contributed by atoms with Crippen LogP contribution in [0.5, 0.6) is 0 Å². The van der Waals surface area contributed by atoms with Crippen LogP contribution in [0.4, 0.5) is 18.9 Å². The number of hydrogen-bond donors (Lipinski definition) is 2. The Hall–Kier alpha value is -2.77. The number of carboxylic acid groups (broad SMARTS) is 1. The molecule has 2 rings (SSSR count). The van der Waals surface area contributed by atoms with Gasteiger partial charge in [-0.05, 0) is 12.1 Å². The minimum absolute atomic E-state index is 0.334. The standard InChI is InChI=1S/C12H6F3NO4/c13-6-3-5(4-7(14)10(6)15)16-11(17)8-1-2-9(20-8)12(18)19/h1-4H,(H,16,17)(H,18,19). The topological polar surface area (TPSA) is 79.5 Å². The quantitative estimate of drug-likeness (QED) is 0.850. The summed E-state index contributed by atoms with van der Waals surface area (Å²) in [7, 11) is 0. The first-order valence-corrected chi connectivity index (χ1v) is 5.17. The van der Waals surface area contributed by atoms with E-state index >= 15 is 0 Å². The van der Waals surface area contributed by atoms with Crippen molar-refractivity contribution in [3.8, 4) is 0 Å². The Bertz CT molecular complexity index is 673. The van der Waals surface area contributed by atoms with Crippen molar-refractivity contribution in [2.75, 3.05) is 5.32 Å². The number of amides is 1. The molecule has 8 heteroatoms. The van der Waals surface area contributed by atoms with Crippen molar-refractivity contribution < 1.29 is 32.3 Å². The Kier molecular flexibility index (Phi) is 3.47. The molecule has 0 spiro atoms. The number of rotatable bonds is 3. The molecule has 0 saturated heterocycles. The zero-order valence-corrected chi connectivity index (χ0v) is 9.62. The van der Waals surface area contributed by atoms with Gasteiger partial charge in [-0.25, -0.2) is 18.0 Å². The number of carbonyl (C=O) groups is 2. The molecule has 2 aromatic rings. The Balaban J connectivity index is 2.21. The Morgan fingerprint density at radius 2 is 1.60 bits per heavy atom. The second kappa shape index (κ2) is 5.08. The fourth-order valence-electron chi connectivity index (χ4n) is 1.40. The summed E-state index contributed by atoms with van der Waals surface area (Å²) < 4.78 is 43.3. The van der Waals surface area contributed by atoms with Gasteiger partial charge in [0, 0.05) is 17.8 Å². The molecule has 0 fully saturated rings. The van der Waals surface area contributed by atoms with Crippen LogP contribution >= 0.6 is 0 Å². The van der Waals surface area contributed by atoms with Crippen LogP contribution in [0.3, 0.4) is 0 Å². The predicted molar refractivity (Wildman–Crippen MR) is 59.9 cm³/mol. The van der Waals surface area contributed by atoms with Crippen LogP contribution in [0.15, 0.2) is 28.7 Å². The van der Waals surface area contributed by atoms with Crippen LogP contribution in [0, 0.1) is 17.5 Å². The van der Waals surface area contributed by atoms with Gasteiger partial charge in [-0.2, -0.15) is 0 Å². The first-order chi connectivity index (χ1) is 9.38. The van der Waals surface area contributed by atoms with Crippen LogP contribution in [0.1, 0.15) is 21.1 Å². The monoisotopic (exact) mass is 285 g/mol. The van der Waals surface area contributed by atoms with Gasteiger partial charge >= 0.3 is 5.97 Å². The van der Waals surface area contributed by atoms with Crippen LogP contribution in [-0.4, -0.2) is 17.0 Å². The summed E-state index contributed by atoms with van der Waals surface area (Å²) in [5, 5.41) is 10.7. The normalized spacial score (nSPS) is 10.3. The molecule has 2 N–H and O–H groups in total. The third-order valence-electron chi connectivity index (χ3n) is 2.28. The maximum atomic E-state index is 12.9. The summed E-state index contributed by atoms with van der Waals surface area (Å²) >= 11 is 0. The van der Waals surface area contributed by atoms with E-state index in [-0.39, 0.29) is 11.4 Å². The second-order valence-corrected chi connectivity index (χ2v) is 3.68. The number of carboxylic acids is 1. The summed E-state index contributed by atoms with van der Waals surface area (Å²) in [6.45, 7) is 0. The SMILES string of the molecule is O=C(O)c1ccc(C(=O)Nc2cc(F)c(F)c(F)c2)o1. The lowest BCUT2D eigenvalue weighted by Crippen LogP contribution is -2.12. The number of aromatic carboxylic acids is 1. The molecule has 0 unspecified atom stereocenters. The molecule has 1 aromatic heterocycles. The molecule has 0 aliphatic carbocycles. The molecular formula is C12H6F3NO4. The molecule has 1 aromatic carbocycles. The van der Waals surface area contributed by atoms with Crippen LogP contribution in [0.2, 0.25) is 0 Å². The molecule has 0 saturated carbocycles. The van der Waals surface area contributed by atoms with E-state index in [2.05, 4.69) is 0 Å². The van der Waals surface area contributed by atoms with E-state index < -0.39 is 35.1 Å². The van der Waals surface area contributed by atoms with Gasteiger partial charge in [0.25, 0.3) is 5.91 Å². The molecule has 0 aliphatic heterocycles. The fraction of sp³-hybridized carbons (Fsp3) is 0. The third-order valence-corrected chi connectivity index (χ3v) is 2.28. The zero-order chi connectivity index (χ0) is 14.9. The van der Waals surface area contributed by atoms with E-state index in [0.717, 1.165) is 12.1 Å². The molecule has 0 radical (unpaired) electrons. The summed E-state index contributed by atoms with van der Waals surface area (Å²) in [5.74, 6) is -7.73. The van der Waals surface area contributed by atoms with E-state index in [1.807, 2.05) is 5.32 Å². The minimum Gasteiger partial charge on any atom is -0.475 e. The summed E-state index contributed by atoms with van der Waals surface area (Å²) in [4.78, 5) is 22.2. The number of nitrogens with one attached hydrogen (secondary N) is 1. The van der Waals surface area contributed by atoms with E-state index in [1.165, 1.54) is 0 Å². The summed E-state index contributed by atoms with van der Waals surface area (Å²) in [6.07, 6.45) is 0. The van der Waals surface area contributed by atoms with E-state index in [4.69, 9.17) is 9.52 Å². The minimum atomic E-state index is -1.66. The molecule has 0 atom stereocenters. The lowest BCUT2D eigenvalue weighted by atomic mass is 10.2. The van der Waals surface area contributed by atoms with Crippen molar-refractivity contribution >= 4 is 17.6 Å². The second-order valence-electron chi connectivity index (χ2n) is 3.68. The van der Waals surface area contributed by atoms with Gasteiger partial charge in [-0.3, -0.25) is 4.79 Å². The molecule has 20 heavy (non-hydrogen) atoms. The smallest absolute Gasteiger partial charge is 0.371 e. The van der Waals surface area contributed by atoms with Crippen LogP contribution in [-0.2, 0) is 0 Å². The molecule has 1 heterocycles. The van der Waals surface area contributed by atoms with Gasteiger partial charge in [0.1, 0.15) is 0 Å². The number of anilines is 1. The maximum Gasteiger partial charge on any atom is 0.371 e. The highest BCUT2D eigenvalue weighted by molar-refractivity contribution is 6.02. The molecular weight excluding hydrogens is 279 g/mol. The molecule has 1 amide bonds. The lowest BCUT2D eigenvalue weighted by molar-refractivity contribution is 0.0660. The van der Waals surface area contributed by atoms with Crippen LogP contribution in [0.25, 0.3) is 0 Å². The van der Waals surface area contributed by atoms with Gasteiger partial charge in [0.05, 0.1) is 0 Å². The van der Waals surface area contributed by atoms with Crippen molar-refractivity contribution in [2.24, 2.45) is 0 Å². The molecule has 104 valence electrons. The highest BCUT2D eigenvalue weighted by Gasteiger charge is 2.17. The van der Waals surface area contributed by atoms with Gasteiger partial charge in [0.15, 0.2) is 23.2 Å². The van der Waals surface area contributed by atoms with Crippen LogP contribution < -0.4 is 5.32 Å². The highest BCUT2D eigenvalue weighted by Crippen LogP contribution is 2.18. The third kappa shape index (κ3) is 2.63. The molecule has 5 nitrogen and oxygen atoms in total. The van der Waals surface area contributed by atoms with Crippen molar-refractivity contribution in [3.63, 3.8) is 0 Å². The van der Waals surface area contributed by atoms with E-state index in [9.17, 15) is 22.8 Å². The fourth-order valence-corrected chi connectivity index (χ4v) is 1.40. The van der Waals surface area contributed by atoms with Gasteiger partial charge in [-0.15, -0.1) is 0 Å². The number of halogens is 3. The first kappa shape index (κ1) is 13.7. The van der Waals surface area contributed by atoms with Gasteiger partial charge in [0.2, 0.25) is 5.76 Å². The Morgan fingerprint density at radius 3 is 2.10 bits per heavy atom. The number of carbonyl (C=O) groups excluding carboxylic acids is 1. The van der Waals surface area contributed by atoms with Crippen molar-refractivity contribution in [2.45, 2.75) is 0 Å². The van der Waals surface area contributed by atoms with E-state index in [0.29, 0.717) is 12.1 Å². The predicted octanol–water partition coefficient (Wildman–Crippen LogP) is 2.65. The van der Waals surface area contributed by atoms with Crippen molar-refractivity contribution in [1.29, 1.82) is 0 Å². The Labute approximate surface area is 109 Å². The van der Waals surface area contributed by atoms with Gasteiger partial charge < -0.3 is 14.8 Å². The molecule has 0 bridgehead atoms. The van der Waals surface area contributed by atoms with Gasteiger partial charge in [-0.1, -0.05) is 0 Å². The number of furan rings is 1. The lowest BCUT2D eigenvalue weighted by Gasteiger charge is -2.04. The zero-order valence-electron chi connectivity index (χ0n) is 9.62. The Morgan fingerprint density at radius 1 is 1.05 bits per heavy atom. The summed E-state index contributed by atoms with van der Waals surface area (Å²) in [5.41, 5.74) is -0.334. The highest BCUT2D eigenvalue weighted by atomic mass is 19.2. The van der Waals surface area contributed by atoms with Crippen molar-refractivity contribution in [1.82, 2.24) is 0 Å². The summed E-state index contributed by atoms with van der Waals surface area (Å²) in [6, 6.07) is 3.28. The van der Waals surface area contributed by atoms with E-state index in [1.54, 1.807) is 0 Å². The molecule has 0 aliphatic rings. The van der Waals surface area contributed by atoms with Crippen molar-refractivity contribution in [3.05, 3.63) is 53.2 Å². The number of hydrogen-bond acceptors (Lipinski definition) is 3. The average molecular weight is 285 g/mol. The maximum absolute atomic E-state index is 12.9. The largest absolute Gasteiger partial charge is 0.475 e. The average Bonchev–Trinajstić information content (AvgIpc) is 2.85. The number of benzene rings is 1.